The van der Waals surface area contributed by atoms with Crippen molar-refractivity contribution in [2.24, 2.45) is 0 Å². The second-order valence-corrected chi connectivity index (χ2v) is 7.02. The van der Waals surface area contributed by atoms with Crippen LogP contribution in [0.4, 0.5) is 0 Å². The van der Waals surface area contributed by atoms with Gasteiger partial charge in [-0.3, -0.25) is 9.78 Å². The van der Waals surface area contributed by atoms with Gasteiger partial charge in [0.2, 0.25) is 5.75 Å². The molecule has 0 aliphatic heterocycles. The van der Waals surface area contributed by atoms with E-state index in [-0.39, 0.29) is 5.41 Å². The second-order valence-electron chi connectivity index (χ2n) is 7.02. The summed E-state index contributed by atoms with van der Waals surface area (Å²) in [6, 6.07) is 5.98. The molecule has 0 radical (unpaired) electrons. The molecule has 2 aliphatic rings. The topological polar surface area (TPSA) is 57.7 Å². The van der Waals surface area contributed by atoms with Crippen molar-refractivity contribution in [2.45, 2.75) is 37.5 Å². The molecule has 1 fully saturated rings. The Bertz CT molecular complexity index is 843. The maximum absolute atomic E-state index is 12.7. The lowest BCUT2D eigenvalue weighted by molar-refractivity contribution is -0.122. The highest BCUT2D eigenvalue weighted by molar-refractivity contribution is 5.96. The number of nitrogens with zero attached hydrogens (tertiary/aromatic N) is 1. The van der Waals surface area contributed by atoms with Crippen molar-refractivity contribution in [3.05, 3.63) is 35.7 Å². The third-order valence-electron chi connectivity index (χ3n) is 5.80. The molecule has 0 unspecified atom stereocenters. The minimum absolute atomic E-state index is 0.307. The first-order chi connectivity index (χ1) is 12.6. The van der Waals surface area contributed by atoms with Gasteiger partial charge >= 0.3 is 0 Å². The Hall–Kier alpha value is -2.56. The van der Waals surface area contributed by atoms with Crippen LogP contribution in [-0.4, -0.2) is 32.1 Å². The molecule has 0 N–H and O–H groups in total. The molecule has 1 saturated carbocycles. The third kappa shape index (κ3) is 2.37. The molecule has 1 heterocycles. The molecule has 5 heteroatoms. The van der Waals surface area contributed by atoms with Crippen LogP contribution in [0.15, 0.2) is 24.4 Å². The summed E-state index contributed by atoms with van der Waals surface area (Å²) in [5.41, 5.74) is 3.64. The molecule has 5 nitrogen and oxygen atoms in total. The van der Waals surface area contributed by atoms with E-state index in [1.807, 2.05) is 18.3 Å². The van der Waals surface area contributed by atoms with Crippen molar-refractivity contribution in [3.8, 4) is 28.4 Å². The maximum Gasteiger partial charge on any atom is 0.203 e. The van der Waals surface area contributed by atoms with Gasteiger partial charge in [0.05, 0.1) is 32.4 Å². The molecule has 0 amide bonds. The highest BCUT2D eigenvalue weighted by atomic mass is 16.5. The molecule has 0 saturated heterocycles. The average molecular weight is 353 g/mol. The zero-order valence-electron chi connectivity index (χ0n) is 15.4. The Balaban J connectivity index is 1.84. The van der Waals surface area contributed by atoms with Gasteiger partial charge in [0.15, 0.2) is 11.5 Å². The summed E-state index contributed by atoms with van der Waals surface area (Å²) in [5.74, 6) is 2.11. The van der Waals surface area contributed by atoms with Crippen molar-refractivity contribution < 1.29 is 19.0 Å². The van der Waals surface area contributed by atoms with Gasteiger partial charge in [-0.2, -0.15) is 0 Å². The van der Waals surface area contributed by atoms with E-state index in [1.165, 1.54) is 0 Å². The summed E-state index contributed by atoms with van der Waals surface area (Å²) < 4.78 is 16.3. The molecule has 1 aromatic heterocycles. The van der Waals surface area contributed by atoms with E-state index in [9.17, 15) is 4.79 Å². The van der Waals surface area contributed by atoms with Gasteiger partial charge < -0.3 is 14.2 Å². The summed E-state index contributed by atoms with van der Waals surface area (Å²) in [7, 11) is 4.80. The quantitative estimate of drug-likeness (QED) is 0.839. The molecule has 0 bridgehead atoms. The van der Waals surface area contributed by atoms with Gasteiger partial charge in [-0.25, -0.2) is 0 Å². The van der Waals surface area contributed by atoms with Crippen molar-refractivity contribution >= 4 is 5.78 Å². The molecule has 0 atom stereocenters. The second kappa shape index (κ2) is 6.31. The van der Waals surface area contributed by atoms with Crippen LogP contribution in [-0.2, 0) is 16.6 Å². The van der Waals surface area contributed by atoms with E-state index in [4.69, 9.17) is 14.2 Å². The molecule has 1 aromatic carbocycles. The summed E-state index contributed by atoms with van der Waals surface area (Å²) in [4.78, 5) is 17.3. The number of methoxy groups -OCH3 is 3. The van der Waals surface area contributed by atoms with E-state index in [2.05, 4.69) is 11.1 Å². The average Bonchev–Trinajstić information content (AvgIpc) is 3.27. The molecular weight excluding hydrogens is 330 g/mol. The number of Topliss-reactive ketones (excluding diaryl/α,β-unsaturated/α-hetero) is 1. The van der Waals surface area contributed by atoms with Crippen molar-refractivity contribution in [2.75, 3.05) is 21.3 Å². The van der Waals surface area contributed by atoms with Crippen molar-refractivity contribution in [1.29, 1.82) is 0 Å². The Morgan fingerprint density at radius 3 is 2.15 bits per heavy atom. The Labute approximate surface area is 153 Å². The maximum atomic E-state index is 12.7. The van der Waals surface area contributed by atoms with Gasteiger partial charge in [-0.1, -0.05) is 12.8 Å². The minimum atomic E-state index is -0.307. The zero-order valence-corrected chi connectivity index (χ0v) is 15.4. The molecule has 1 spiro atoms. The van der Waals surface area contributed by atoms with E-state index < -0.39 is 0 Å². The fourth-order valence-electron chi connectivity index (χ4n) is 4.45. The number of fused-ring (bicyclic) bond motifs is 2. The number of carbonyl (C=O) groups is 1. The lowest BCUT2D eigenvalue weighted by Crippen LogP contribution is -2.28. The van der Waals surface area contributed by atoms with Crippen molar-refractivity contribution in [1.82, 2.24) is 4.98 Å². The van der Waals surface area contributed by atoms with Gasteiger partial charge in [-0.15, -0.1) is 0 Å². The highest BCUT2D eigenvalue weighted by Crippen LogP contribution is 2.49. The third-order valence-corrected chi connectivity index (χ3v) is 5.80. The number of pyridine rings is 1. The predicted molar refractivity (Wildman–Crippen MR) is 98.2 cm³/mol. The number of rotatable bonds is 4. The standard InChI is InChI=1S/C21H23NO4/c1-24-17-9-13(10-18(25-2)20(17)26-3)14-8-15-16(22-12-14)11-19(23)21(15)6-4-5-7-21/h8-10,12H,4-7,11H2,1-3H3. The number of ketones is 1. The molecule has 2 aliphatic carbocycles. The summed E-state index contributed by atoms with van der Waals surface area (Å²) >= 11 is 0. The fourth-order valence-corrected chi connectivity index (χ4v) is 4.45. The van der Waals surface area contributed by atoms with E-state index in [0.29, 0.717) is 29.5 Å². The van der Waals surface area contributed by atoms with Crippen LogP contribution >= 0.6 is 0 Å². The van der Waals surface area contributed by atoms with E-state index in [0.717, 1.165) is 48.1 Å². The molecule has 136 valence electrons. The Kier molecular flexibility index (Phi) is 4.10. The number of benzene rings is 1. The van der Waals surface area contributed by atoms with Crippen LogP contribution in [0.3, 0.4) is 0 Å². The van der Waals surface area contributed by atoms with Gasteiger partial charge in [0, 0.05) is 18.2 Å². The molecule has 26 heavy (non-hydrogen) atoms. The van der Waals surface area contributed by atoms with Crippen LogP contribution in [0, 0.1) is 0 Å². The van der Waals surface area contributed by atoms with Gasteiger partial charge in [-0.05, 0) is 42.2 Å². The zero-order chi connectivity index (χ0) is 18.3. The van der Waals surface area contributed by atoms with Gasteiger partial charge in [0.25, 0.3) is 0 Å². The SMILES string of the molecule is COc1cc(-c2cnc3c(c2)C2(CCCC2)C(=O)C3)cc(OC)c1OC. The lowest BCUT2D eigenvalue weighted by Gasteiger charge is -2.22. The van der Waals surface area contributed by atoms with Crippen molar-refractivity contribution in [3.63, 3.8) is 0 Å². The fraction of sp³-hybridized carbons (Fsp3) is 0.429. The van der Waals surface area contributed by atoms with Crippen LogP contribution in [0.2, 0.25) is 0 Å². The normalized spacial score (nSPS) is 17.4. The predicted octanol–water partition coefficient (Wildman–Crippen LogP) is 3.71. The number of aromatic nitrogens is 1. The summed E-state index contributed by atoms with van der Waals surface area (Å²) in [6.07, 6.45) is 6.41. The smallest absolute Gasteiger partial charge is 0.203 e. The lowest BCUT2D eigenvalue weighted by atomic mass is 9.79. The number of hydrogen-bond acceptors (Lipinski definition) is 5. The first-order valence-electron chi connectivity index (χ1n) is 8.96. The highest BCUT2D eigenvalue weighted by Gasteiger charge is 2.48. The Morgan fingerprint density at radius 2 is 1.58 bits per heavy atom. The summed E-state index contributed by atoms with van der Waals surface area (Å²) in [5, 5.41) is 0. The van der Waals surface area contributed by atoms with Crippen LogP contribution in [0.25, 0.3) is 11.1 Å². The number of ether oxygens (including phenoxy) is 3. The van der Waals surface area contributed by atoms with Crippen LogP contribution in [0.1, 0.15) is 36.9 Å². The molecular formula is C21H23NO4. The monoisotopic (exact) mass is 353 g/mol. The van der Waals surface area contributed by atoms with Crippen LogP contribution < -0.4 is 14.2 Å². The minimum Gasteiger partial charge on any atom is -0.493 e. The summed E-state index contributed by atoms with van der Waals surface area (Å²) in [6.45, 7) is 0. The van der Waals surface area contributed by atoms with Gasteiger partial charge in [0.1, 0.15) is 5.78 Å². The van der Waals surface area contributed by atoms with Crippen LogP contribution in [0.5, 0.6) is 17.2 Å². The number of carbonyl (C=O) groups excluding carboxylic acids is 1. The Morgan fingerprint density at radius 1 is 0.923 bits per heavy atom. The first kappa shape index (κ1) is 16.9. The molecule has 2 aromatic rings. The first-order valence-corrected chi connectivity index (χ1v) is 8.96. The largest absolute Gasteiger partial charge is 0.493 e. The number of hydrogen-bond donors (Lipinski definition) is 0. The molecule has 4 rings (SSSR count). The van der Waals surface area contributed by atoms with E-state index in [1.54, 1.807) is 21.3 Å². The van der Waals surface area contributed by atoms with E-state index >= 15 is 0 Å².